The molecule has 0 aromatic heterocycles. The van der Waals surface area contributed by atoms with Crippen LogP contribution in [0.4, 0.5) is 0 Å². The molecule has 1 fully saturated rings. The van der Waals surface area contributed by atoms with Crippen molar-refractivity contribution in [2.24, 2.45) is 0 Å². The molecule has 1 aromatic carbocycles. The lowest BCUT2D eigenvalue weighted by atomic mass is 9.87. The first-order valence-electron chi connectivity index (χ1n) is 7.66. The fourth-order valence-electron chi connectivity index (χ4n) is 2.57. The lowest BCUT2D eigenvalue weighted by Gasteiger charge is -2.21. The molecule has 2 N–H and O–H groups in total. The summed E-state index contributed by atoms with van der Waals surface area (Å²) in [6.07, 6.45) is 0.0163. The quantitative estimate of drug-likeness (QED) is 0.869. The van der Waals surface area contributed by atoms with Crippen LogP contribution < -0.4 is 4.74 Å². The van der Waals surface area contributed by atoms with Gasteiger partial charge in [0.1, 0.15) is 18.5 Å². The normalized spacial score (nSPS) is 21.5. The molecule has 1 aromatic rings. The maximum Gasteiger partial charge on any atom is 0.119 e. The van der Waals surface area contributed by atoms with E-state index in [-0.39, 0.29) is 18.1 Å². The Kier molecular flexibility index (Phi) is 5.25. The second-order valence-corrected chi connectivity index (χ2v) is 6.94. The molecule has 0 radical (unpaired) electrons. The van der Waals surface area contributed by atoms with Gasteiger partial charge in [-0.3, -0.25) is 4.90 Å². The van der Waals surface area contributed by atoms with E-state index >= 15 is 0 Å². The molecule has 118 valence electrons. The molecular formula is C17H27NO3. The van der Waals surface area contributed by atoms with Crippen molar-refractivity contribution in [2.75, 3.05) is 26.2 Å². The van der Waals surface area contributed by atoms with Crippen molar-refractivity contribution in [1.82, 2.24) is 4.90 Å². The Morgan fingerprint density at radius 3 is 2.48 bits per heavy atom. The molecule has 0 spiro atoms. The van der Waals surface area contributed by atoms with E-state index in [0.29, 0.717) is 13.1 Å². The molecule has 0 aliphatic carbocycles. The molecule has 4 nitrogen and oxygen atoms in total. The molecule has 1 unspecified atom stereocenters. The predicted octanol–water partition coefficient (Wildman–Crippen LogP) is 1.79. The molecule has 1 heterocycles. The number of aliphatic hydroxyl groups is 2. The molecule has 1 aliphatic heterocycles. The standard InChI is InChI=1S/C17H27NO3/c1-17(2,3)13-4-6-16(7-5-13)21-12-15(20)11-18-9-8-14(19)10-18/h4-7,14-15,19-20H,8-12H2,1-3H3/t14-,15?/m0/s1. The number of rotatable bonds is 5. The van der Waals surface area contributed by atoms with Gasteiger partial charge in [-0.05, 0) is 29.5 Å². The van der Waals surface area contributed by atoms with Gasteiger partial charge in [0.15, 0.2) is 0 Å². The highest BCUT2D eigenvalue weighted by Gasteiger charge is 2.22. The van der Waals surface area contributed by atoms with E-state index in [4.69, 9.17) is 4.74 Å². The molecule has 0 saturated carbocycles. The smallest absolute Gasteiger partial charge is 0.119 e. The van der Waals surface area contributed by atoms with Crippen molar-refractivity contribution < 1.29 is 14.9 Å². The van der Waals surface area contributed by atoms with E-state index in [9.17, 15) is 10.2 Å². The Balaban J connectivity index is 1.77. The predicted molar refractivity (Wildman–Crippen MR) is 83.7 cm³/mol. The summed E-state index contributed by atoms with van der Waals surface area (Å²) in [6, 6.07) is 8.04. The third kappa shape index (κ3) is 4.99. The summed E-state index contributed by atoms with van der Waals surface area (Å²) in [7, 11) is 0. The zero-order valence-electron chi connectivity index (χ0n) is 13.2. The van der Waals surface area contributed by atoms with Crippen LogP contribution in [0.5, 0.6) is 5.75 Å². The lowest BCUT2D eigenvalue weighted by Crippen LogP contribution is -2.34. The van der Waals surface area contributed by atoms with Crippen molar-refractivity contribution in [3.05, 3.63) is 29.8 Å². The van der Waals surface area contributed by atoms with Gasteiger partial charge < -0.3 is 14.9 Å². The first-order chi connectivity index (χ1) is 9.84. The topological polar surface area (TPSA) is 52.9 Å². The lowest BCUT2D eigenvalue weighted by molar-refractivity contribution is 0.0707. The van der Waals surface area contributed by atoms with E-state index in [1.807, 2.05) is 12.1 Å². The highest BCUT2D eigenvalue weighted by atomic mass is 16.5. The first-order valence-corrected chi connectivity index (χ1v) is 7.66. The molecule has 1 aliphatic rings. The average Bonchev–Trinajstić information content (AvgIpc) is 2.81. The van der Waals surface area contributed by atoms with Crippen LogP contribution in [-0.4, -0.2) is 53.6 Å². The van der Waals surface area contributed by atoms with E-state index in [1.54, 1.807) is 0 Å². The van der Waals surface area contributed by atoms with Crippen molar-refractivity contribution in [3.63, 3.8) is 0 Å². The molecular weight excluding hydrogens is 266 g/mol. The summed E-state index contributed by atoms with van der Waals surface area (Å²) in [5.41, 5.74) is 1.40. The van der Waals surface area contributed by atoms with Crippen LogP contribution >= 0.6 is 0 Å². The van der Waals surface area contributed by atoms with Gasteiger partial charge in [-0.2, -0.15) is 0 Å². The zero-order valence-corrected chi connectivity index (χ0v) is 13.2. The highest BCUT2D eigenvalue weighted by molar-refractivity contribution is 5.31. The van der Waals surface area contributed by atoms with E-state index in [1.165, 1.54) is 5.56 Å². The summed E-state index contributed by atoms with van der Waals surface area (Å²) in [4.78, 5) is 2.07. The first kappa shape index (κ1) is 16.3. The number of β-amino-alcohol motifs (C(OH)–C–C–N with tert-alkyl or cyclic N) is 2. The van der Waals surface area contributed by atoms with Crippen LogP contribution in [0.25, 0.3) is 0 Å². The Hall–Kier alpha value is -1.10. The van der Waals surface area contributed by atoms with Crippen LogP contribution in [0, 0.1) is 0 Å². The maximum absolute atomic E-state index is 9.99. The van der Waals surface area contributed by atoms with Crippen molar-refractivity contribution in [1.29, 1.82) is 0 Å². The fraction of sp³-hybridized carbons (Fsp3) is 0.647. The van der Waals surface area contributed by atoms with Crippen LogP contribution in [0.15, 0.2) is 24.3 Å². The Morgan fingerprint density at radius 1 is 1.29 bits per heavy atom. The van der Waals surface area contributed by atoms with Crippen molar-refractivity contribution in [3.8, 4) is 5.75 Å². The molecule has 4 heteroatoms. The van der Waals surface area contributed by atoms with Crippen molar-refractivity contribution >= 4 is 0 Å². The van der Waals surface area contributed by atoms with Gasteiger partial charge in [0.05, 0.1) is 6.10 Å². The van der Waals surface area contributed by atoms with Gasteiger partial charge in [-0.25, -0.2) is 0 Å². The van der Waals surface area contributed by atoms with Crippen LogP contribution in [0.2, 0.25) is 0 Å². The van der Waals surface area contributed by atoms with Gasteiger partial charge in [0, 0.05) is 19.6 Å². The van der Waals surface area contributed by atoms with Gasteiger partial charge in [-0.15, -0.1) is 0 Å². The summed E-state index contributed by atoms with van der Waals surface area (Å²) in [6.45, 7) is 8.86. The number of likely N-dealkylation sites (tertiary alicyclic amines) is 1. The van der Waals surface area contributed by atoms with Gasteiger partial charge in [0.25, 0.3) is 0 Å². The maximum atomic E-state index is 9.99. The Morgan fingerprint density at radius 2 is 1.95 bits per heavy atom. The van der Waals surface area contributed by atoms with E-state index < -0.39 is 6.10 Å². The van der Waals surface area contributed by atoms with Gasteiger partial charge in [-0.1, -0.05) is 32.9 Å². The molecule has 0 bridgehead atoms. The third-order valence-electron chi connectivity index (χ3n) is 3.88. The summed E-state index contributed by atoms with van der Waals surface area (Å²) in [5.74, 6) is 0.781. The van der Waals surface area contributed by atoms with E-state index in [2.05, 4.69) is 37.8 Å². The second kappa shape index (κ2) is 6.77. The van der Waals surface area contributed by atoms with Crippen molar-refractivity contribution in [2.45, 2.75) is 44.8 Å². The average molecular weight is 293 g/mol. The minimum atomic E-state index is -0.530. The highest BCUT2D eigenvalue weighted by Crippen LogP contribution is 2.24. The minimum Gasteiger partial charge on any atom is -0.491 e. The molecule has 0 amide bonds. The number of ether oxygens (including phenoxy) is 1. The monoisotopic (exact) mass is 293 g/mol. The largest absolute Gasteiger partial charge is 0.491 e. The molecule has 2 rings (SSSR count). The van der Waals surface area contributed by atoms with Gasteiger partial charge in [0.2, 0.25) is 0 Å². The number of hydrogen-bond donors (Lipinski definition) is 2. The Bertz CT molecular complexity index is 438. The van der Waals surface area contributed by atoms with Crippen LogP contribution in [0.3, 0.4) is 0 Å². The molecule has 2 atom stereocenters. The summed E-state index contributed by atoms with van der Waals surface area (Å²) in [5, 5.41) is 19.5. The number of hydrogen-bond acceptors (Lipinski definition) is 4. The second-order valence-electron chi connectivity index (χ2n) is 6.94. The van der Waals surface area contributed by atoms with Gasteiger partial charge >= 0.3 is 0 Å². The molecule has 1 saturated heterocycles. The summed E-state index contributed by atoms with van der Waals surface area (Å²) < 4.78 is 5.63. The SMILES string of the molecule is CC(C)(C)c1ccc(OCC(O)CN2CC[C@H](O)C2)cc1. The van der Waals surface area contributed by atoms with E-state index in [0.717, 1.165) is 18.7 Å². The fourth-order valence-corrected chi connectivity index (χ4v) is 2.57. The molecule has 21 heavy (non-hydrogen) atoms. The number of aliphatic hydroxyl groups excluding tert-OH is 2. The third-order valence-corrected chi connectivity index (χ3v) is 3.88. The zero-order chi connectivity index (χ0) is 15.5. The Labute approximate surface area is 127 Å². The summed E-state index contributed by atoms with van der Waals surface area (Å²) >= 11 is 0. The van der Waals surface area contributed by atoms with Crippen LogP contribution in [0.1, 0.15) is 32.8 Å². The number of benzene rings is 1. The van der Waals surface area contributed by atoms with Crippen LogP contribution in [-0.2, 0) is 5.41 Å². The minimum absolute atomic E-state index is 0.134. The number of nitrogens with zero attached hydrogens (tertiary/aromatic N) is 1.